The van der Waals surface area contributed by atoms with Crippen LogP contribution in [-0.4, -0.2) is 49.6 Å². The molecule has 164 valence electrons. The Bertz CT molecular complexity index is 927. The summed E-state index contributed by atoms with van der Waals surface area (Å²) in [6, 6.07) is 13.5. The zero-order chi connectivity index (χ0) is 21.8. The van der Waals surface area contributed by atoms with Crippen molar-refractivity contribution in [3.05, 3.63) is 59.9 Å². The number of hydrogen-bond donors (Lipinski definition) is 0. The third-order valence-electron chi connectivity index (χ3n) is 5.88. The summed E-state index contributed by atoms with van der Waals surface area (Å²) >= 11 is 0. The molecule has 4 rings (SSSR count). The van der Waals surface area contributed by atoms with E-state index in [1.807, 2.05) is 18.2 Å². The van der Waals surface area contributed by atoms with Gasteiger partial charge in [-0.15, -0.1) is 0 Å². The molecule has 2 fully saturated rings. The Morgan fingerprint density at radius 3 is 2.74 bits per heavy atom. The quantitative estimate of drug-likeness (QED) is 0.681. The van der Waals surface area contributed by atoms with Gasteiger partial charge in [-0.3, -0.25) is 9.59 Å². The maximum Gasteiger partial charge on any atom is 0.228 e. The Kier molecular flexibility index (Phi) is 6.51. The Labute approximate surface area is 181 Å². The lowest BCUT2D eigenvalue weighted by Crippen LogP contribution is -2.41. The molecule has 0 aliphatic carbocycles. The molecule has 2 heterocycles. The van der Waals surface area contributed by atoms with E-state index in [1.54, 1.807) is 35.1 Å². The molecule has 0 radical (unpaired) electrons. The summed E-state index contributed by atoms with van der Waals surface area (Å²) in [5.41, 5.74) is 1.47. The first-order chi connectivity index (χ1) is 15.0. The molecule has 6 nitrogen and oxygen atoms in total. The molecule has 0 aromatic heterocycles. The van der Waals surface area contributed by atoms with Gasteiger partial charge in [0, 0.05) is 38.3 Å². The summed E-state index contributed by atoms with van der Waals surface area (Å²) in [6.07, 6.45) is 2.01. The summed E-state index contributed by atoms with van der Waals surface area (Å²) in [5, 5.41) is 0. The lowest BCUT2D eigenvalue weighted by molar-refractivity contribution is -0.138. The zero-order valence-electron chi connectivity index (χ0n) is 17.6. The number of hydrogen-bond acceptors (Lipinski definition) is 4. The number of amides is 2. The van der Waals surface area contributed by atoms with Crippen molar-refractivity contribution in [2.75, 3.05) is 31.7 Å². The summed E-state index contributed by atoms with van der Waals surface area (Å²) < 4.78 is 24.6. The van der Waals surface area contributed by atoms with Crippen LogP contribution >= 0.6 is 0 Å². The maximum atomic E-state index is 13.7. The van der Waals surface area contributed by atoms with Crippen LogP contribution in [0.2, 0.25) is 0 Å². The Hall–Kier alpha value is -2.93. The van der Waals surface area contributed by atoms with E-state index in [0.29, 0.717) is 32.0 Å². The average molecular weight is 426 g/mol. The smallest absolute Gasteiger partial charge is 0.228 e. The highest BCUT2D eigenvalue weighted by molar-refractivity contribution is 6.00. The van der Waals surface area contributed by atoms with Crippen LogP contribution in [0.25, 0.3) is 0 Å². The highest BCUT2D eigenvalue weighted by Gasteiger charge is 2.38. The fraction of sp³-hybridized carbons (Fsp3) is 0.417. The number of halogens is 1. The van der Waals surface area contributed by atoms with E-state index in [1.165, 1.54) is 12.1 Å². The molecular weight excluding hydrogens is 399 g/mol. The summed E-state index contributed by atoms with van der Waals surface area (Å²) in [6.45, 7) is 1.77. The van der Waals surface area contributed by atoms with Crippen LogP contribution in [0, 0.1) is 11.7 Å². The average Bonchev–Trinajstić information content (AvgIpc) is 3.42. The molecule has 2 aliphatic heterocycles. The van der Waals surface area contributed by atoms with E-state index in [-0.39, 0.29) is 30.2 Å². The lowest BCUT2D eigenvalue weighted by atomic mass is 10.1. The molecule has 2 aromatic carbocycles. The second-order valence-corrected chi connectivity index (χ2v) is 8.09. The number of rotatable bonds is 7. The number of nitrogens with zero attached hydrogens (tertiary/aromatic N) is 2. The van der Waals surface area contributed by atoms with Crippen molar-refractivity contribution in [2.24, 2.45) is 5.92 Å². The van der Waals surface area contributed by atoms with Crippen molar-refractivity contribution in [3.8, 4) is 5.75 Å². The van der Waals surface area contributed by atoms with Crippen LogP contribution in [0.1, 0.15) is 24.8 Å². The molecule has 31 heavy (non-hydrogen) atoms. The molecule has 2 atom stereocenters. The molecule has 0 spiro atoms. The molecule has 2 amide bonds. The minimum atomic E-state index is -0.440. The molecule has 0 N–H and O–H groups in total. The first-order valence-corrected chi connectivity index (χ1v) is 10.6. The van der Waals surface area contributed by atoms with Gasteiger partial charge in [-0.1, -0.05) is 12.1 Å². The van der Waals surface area contributed by atoms with Gasteiger partial charge in [-0.25, -0.2) is 4.39 Å². The Morgan fingerprint density at radius 2 is 2.06 bits per heavy atom. The van der Waals surface area contributed by atoms with Crippen molar-refractivity contribution in [1.29, 1.82) is 0 Å². The maximum absolute atomic E-state index is 13.7. The van der Waals surface area contributed by atoms with E-state index in [9.17, 15) is 14.0 Å². The largest absolute Gasteiger partial charge is 0.497 e. The van der Waals surface area contributed by atoms with E-state index >= 15 is 0 Å². The van der Waals surface area contributed by atoms with Gasteiger partial charge >= 0.3 is 0 Å². The van der Waals surface area contributed by atoms with E-state index in [4.69, 9.17) is 9.47 Å². The van der Waals surface area contributed by atoms with Gasteiger partial charge in [0.2, 0.25) is 11.8 Å². The highest BCUT2D eigenvalue weighted by atomic mass is 19.1. The third kappa shape index (κ3) is 5.05. The topological polar surface area (TPSA) is 59.1 Å². The number of ether oxygens (including phenoxy) is 2. The van der Waals surface area contributed by atoms with Crippen molar-refractivity contribution >= 4 is 17.5 Å². The minimum absolute atomic E-state index is 0.0210. The molecule has 7 heteroatoms. The van der Waals surface area contributed by atoms with Gasteiger partial charge in [0.05, 0.1) is 19.1 Å². The highest BCUT2D eigenvalue weighted by Crippen LogP contribution is 2.29. The van der Waals surface area contributed by atoms with E-state index in [2.05, 4.69) is 0 Å². The summed E-state index contributed by atoms with van der Waals surface area (Å²) in [5.74, 6) is -0.232. The zero-order valence-corrected chi connectivity index (χ0v) is 17.6. The van der Waals surface area contributed by atoms with Crippen LogP contribution < -0.4 is 9.64 Å². The van der Waals surface area contributed by atoms with E-state index < -0.39 is 5.92 Å². The van der Waals surface area contributed by atoms with Gasteiger partial charge in [-0.05, 0) is 54.8 Å². The third-order valence-corrected chi connectivity index (χ3v) is 5.88. The van der Waals surface area contributed by atoms with E-state index in [0.717, 1.165) is 24.1 Å². The predicted molar refractivity (Wildman–Crippen MR) is 114 cm³/mol. The van der Waals surface area contributed by atoms with Crippen LogP contribution in [0.5, 0.6) is 5.75 Å². The van der Waals surface area contributed by atoms with Crippen LogP contribution in [0.3, 0.4) is 0 Å². The van der Waals surface area contributed by atoms with Crippen LogP contribution in [0.15, 0.2) is 48.5 Å². The van der Waals surface area contributed by atoms with Crippen molar-refractivity contribution in [3.63, 3.8) is 0 Å². The molecule has 2 aromatic rings. The molecule has 0 saturated carbocycles. The number of benzene rings is 2. The molecule has 0 bridgehead atoms. The van der Waals surface area contributed by atoms with Crippen LogP contribution in [-0.2, 0) is 20.9 Å². The molecule has 2 aliphatic rings. The first-order valence-electron chi connectivity index (χ1n) is 10.6. The van der Waals surface area contributed by atoms with Gasteiger partial charge in [0.1, 0.15) is 11.6 Å². The number of carbonyl (C=O) groups excluding carboxylic acids is 2. The number of methoxy groups -OCH3 is 1. The number of anilines is 1. The first kappa shape index (κ1) is 21.3. The number of carbonyl (C=O) groups is 2. The SMILES string of the molecule is COc1ccc(N2CC(C(=O)N(Cc3cccc(F)c3)CC3CCCO3)CC2=O)cc1. The fourth-order valence-electron chi connectivity index (χ4n) is 4.27. The van der Waals surface area contributed by atoms with Gasteiger partial charge in [-0.2, -0.15) is 0 Å². The molecule has 2 saturated heterocycles. The van der Waals surface area contributed by atoms with Crippen molar-refractivity contribution < 1.29 is 23.5 Å². The lowest BCUT2D eigenvalue weighted by Gasteiger charge is -2.28. The van der Waals surface area contributed by atoms with Gasteiger partial charge in [0.25, 0.3) is 0 Å². The van der Waals surface area contributed by atoms with Crippen molar-refractivity contribution in [2.45, 2.75) is 31.9 Å². The fourth-order valence-corrected chi connectivity index (χ4v) is 4.27. The molecule has 2 unspecified atom stereocenters. The Morgan fingerprint density at radius 1 is 1.26 bits per heavy atom. The monoisotopic (exact) mass is 426 g/mol. The normalized spacial score (nSPS) is 20.8. The molecular formula is C24H27FN2O4. The van der Waals surface area contributed by atoms with Gasteiger partial charge in [0.15, 0.2) is 0 Å². The summed E-state index contributed by atoms with van der Waals surface area (Å²) in [7, 11) is 1.59. The second-order valence-electron chi connectivity index (χ2n) is 8.09. The second kappa shape index (κ2) is 9.47. The van der Waals surface area contributed by atoms with Gasteiger partial charge < -0.3 is 19.3 Å². The predicted octanol–water partition coefficient (Wildman–Crippen LogP) is 3.40. The minimum Gasteiger partial charge on any atom is -0.497 e. The Balaban J connectivity index is 1.49. The van der Waals surface area contributed by atoms with Crippen LogP contribution in [0.4, 0.5) is 10.1 Å². The van der Waals surface area contributed by atoms with Crippen molar-refractivity contribution in [1.82, 2.24) is 4.90 Å². The summed E-state index contributed by atoms with van der Waals surface area (Å²) in [4.78, 5) is 29.5. The standard InChI is InChI=1S/C24H27FN2O4/c1-30-21-9-7-20(8-10-21)27-15-18(13-23(27)28)24(29)26(16-22-6-3-11-31-22)14-17-4-2-5-19(25)12-17/h2,4-5,7-10,12,18,22H,3,6,11,13-16H2,1H3.